The van der Waals surface area contributed by atoms with Crippen LogP contribution in [0.15, 0.2) is 4.47 Å². The number of aryl methyl sites for hydroxylation is 2. The summed E-state index contributed by atoms with van der Waals surface area (Å²) in [7, 11) is 1.19. The van der Waals surface area contributed by atoms with Crippen molar-refractivity contribution in [1.82, 2.24) is 15.1 Å². The van der Waals surface area contributed by atoms with Crippen molar-refractivity contribution in [3.05, 3.63) is 15.9 Å². The molecule has 0 saturated heterocycles. The monoisotopic (exact) mass is 321 g/mol. The average Bonchev–Trinajstić information content (AvgIpc) is 2.50. The molecule has 6 heteroatoms. The Bertz CT molecular complexity index is 406. The Labute approximate surface area is 114 Å². The van der Waals surface area contributed by atoms with Crippen molar-refractivity contribution >= 4 is 26.7 Å². The zero-order chi connectivity index (χ0) is 13.0. The maximum atomic E-state index is 11.1. The summed E-state index contributed by atoms with van der Waals surface area (Å²) in [6.07, 6.45) is 2.65. The molecule has 0 saturated carbocycles. The van der Waals surface area contributed by atoms with Gasteiger partial charge in [0.1, 0.15) is 0 Å². The van der Waals surface area contributed by atoms with Crippen molar-refractivity contribution < 1.29 is 4.21 Å². The number of nitrogens with zero attached hydrogens (tertiary/aromatic N) is 2. The van der Waals surface area contributed by atoms with E-state index in [2.05, 4.69) is 33.3 Å². The van der Waals surface area contributed by atoms with Gasteiger partial charge in [-0.3, -0.25) is 8.89 Å². The SMILES string of the molecule is CCc1nn(C)c(CNC(C)CS(C)=O)c1Br. The first-order valence-corrected chi connectivity index (χ1v) is 8.21. The van der Waals surface area contributed by atoms with Crippen molar-refractivity contribution in [2.45, 2.75) is 32.9 Å². The fourth-order valence-electron chi connectivity index (χ4n) is 1.69. The highest BCUT2D eigenvalue weighted by atomic mass is 79.9. The minimum Gasteiger partial charge on any atom is -0.308 e. The number of hydrogen-bond donors (Lipinski definition) is 1. The number of rotatable bonds is 6. The molecule has 1 aromatic heterocycles. The summed E-state index contributed by atoms with van der Waals surface area (Å²) in [4.78, 5) is 0. The second kappa shape index (κ2) is 6.66. The zero-order valence-corrected chi connectivity index (χ0v) is 13.2. The highest BCUT2D eigenvalue weighted by Crippen LogP contribution is 2.21. The molecule has 0 aliphatic rings. The predicted octanol–water partition coefficient (Wildman–Crippen LogP) is 1.60. The molecule has 1 aromatic rings. The lowest BCUT2D eigenvalue weighted by Crippen LogP contribution is -2.31. The lowest BCUT2D eigenvalue weighted by atomic mass is 10.3. The fraction of sp³-hybridized carbons (Fsp3) is 0.727. The fourth-order valence-corrected chi connectivity index (χ4v) is 3.27. The third-order valence-electron chi connectivity index (χ3n) is 2.61. The van der Waals surface area contributed by atoms with E-state index in [-0.39, 0.29) is 6.04 Å². The van der Waals surface area contributed by atoms with E-state index >= 15 is 0 Å². The van der Waals surface area contributed by atoms with Crippen molar-refractivity contribution in [3.8, 4) is 0 Å². The Morgan fingerprint density at radius 3 is 2.71 bits per heavy atom. The largest absolute Gasteiger partial charge is 0.308 e. The summed E-state index contributed by atoms with van der Waals surface area (Å²) in [6.45, 7) is 4.88. The van der Waals surface area contributed by atoms with Crippen molar-refractivity contribution in [2.75, 3.05) is 12.0 Å². The Morgan fingerprint density at radius 1 is 1.59 bits per heavy atom. The van der Waals surface area contributed by atoms with Gasteiger partial charge in [-0.2, -0.15) is 5.10 Å². The van der Waals surface area contributed by atoms with Gasteiger partial charge in [0.15, 0.2) is 0 Å². The quantitative estimate of drug-likeness (QED) is 0.865. The van der Waals surface area contributed by atoms with Gasteiger partial charge < -0.3 is 5.32 Å². The van der Waals surface area contributed by atoms with Crippen LogP contribution in [-0.2, 0) is 30.8 Å². The van der Waals surface area contributed by atoms with E-state index in [1.165, 1.54) is 0 Å². The van der Waals surface area contributed by atoms with E-state index in [1.807, 2.05) is 18.7 Å². The van der Waals surface area contributed by atoms with E-state index in [9.17, 15) is 4.21 Å². The summed E-state index contributed by atoms with van der Waals surface area (Å²) in [5.41, 5.74) is 2.21. The molecule has 2 unspecified atom stereocenters. The molecule has 2 atom stereocenters. The molecule has 1 heterocycles. The van der Waals surface area contributed by atoms with Gasteiger partial charge in [-0.15, -0.1) is 0 Å². The molecule has 0 radical (unpaired) electrons. The average molecular weight is 322 g/mol. The number of nitrogens with one attached hydrogen (secondary N) is 1. The van der Waals surface area contributed by atoms with Crippen molar-refractivity contribution in [3.63, 3.8) is 0 Å². The second-order valence-electron chi connectivity index (χ2n) is 4.21. The summed E-state index contributed by atoms with van der Waals surface area (Å²) in [5, 5.41) is 7.80. The summed E-state index contributed by atoms with van der Waals surface area (Å²) in [5.74, 6) is 0.677. The van der Waals surface area contributed by atoms with Crippen LogP contribution < -0.4 is 5.32 Å². The summed E-state index contributed by atoms with van der Waals surface area (Å²) < 4.78 is 14.1. The van der Waals surface area contributed by atoms with Gasteiger partial charge in [-0.25, -0.2) is 0 Å². The molecule has 4 nitrogen and oxygen atoms in total. The second-order valence-corrected chi connectivity index (χ2v) is 6.48. The standard InChI is InChI=1S/C11H20BrN3OS/c1-5-9-11(12)10(15(3)14-9)6-13-8(2)7-17(4)16/h8,13H,5-7H2,1-4H3. The molecular formula is C11H20BrN3OS. The molecule has 0 bridgehead atoms. The first kappa shape index (κ1) is 14.9. The van der Waals surface area contributed by atoms with Gasteiger partial charge in [0.2, 0.25) is 0 Å². The predicted molar refractivity (Wildman–Crippen MR) is 75.5 cm³/mol. The van der Waals surface area contributed by atoms with Crippen molar-refractivity contribution in [1.29, 1.82) is 0 Å². The van der Waals surface area contributed by atoms with Crippen molar-refractivity contribution in [2.24, 2.45) is 7.05 Å². The van der Waals surface area contributed by atoms with E-state index in [1.54, 1.807) is 6.26 Å². The third-order valence-corrected chi connectivity index (χ3v) is 4.49. The molecule has 0 aromatic carbocycles. The topological polar surface area (TPSA) is 46.9 Å². The number of aromatic nitrogens is 2. The molecule has 1 rings (SSSR count). The van der Waals surface area contributed by atoms with Crippen LogP contribution in [0.5, 0.6) is 0 Å². The molecule has 1 N–H and O–H groups in total. The van der Waals surface area contributed by atoms with E-state index < -0.39 is 10.8 Å². The molecule has 0 fully saturated rings. The molecular weight excluding hydrogens is 302 g/mol. The Balaban J connectivity index is 2.63. The van der Waals surface area contributed by atoms with Gasteiger partial charge in [-0.1, -0.05) is 6.92 Å². The van der Waals surface area contributed by atoms with Gasteiger partial charge in [0.05, 0.1) is 15.9 Å². The Morgan fingerprint density at radius 2 is 2.24 bits per heavy atom. The van der Waals surface area contributed by atoms with Crippen LogP contribution in [0.1, 0.15) is 25.2 Å². The lowest BCUT2D eigenvalue weighted by Gasteiger charge is -2.12. The van der Waals surface area contributed by atoms with Crippen LogP contribution >= 0.6 is 15.9 Å². The van der Waals surface area contributed by atoms with E-state index in [0.717, 1.165) is 28.8 Å². The van der Waals surface area contributed by atoms with E-state index in [4.69, 9.17) is 0 Å². The summed E-state index contributed by atoms with van der Waals surface area (Å²) >= 11 is 3.58. The zero-order valence-electron chi connectivity index (χ0n) is 10.8. The van der Waals surface area contributed by atoms with Gasteiger partial charge >= 0.3 is 0 Å². The molecule has 17 heavy (non-hydrogen) atoms. The van der Waals surface area contributed by atoms with Crippen LogP contribution in [0.2, 0.25) is 0 Å². The normalized spacial score (nSPS) is 14.9. The molecule has 0 spiro atoms. The minimum absolute atomic E-state index is 0.243. The maximum absolute atomic E-state index is 11.1. The lowest BCUT2D eigenvalue weighted by molar-refractivity contribution is 0.558. The number of hydrogen-bond acceptors (Lipinski definition) is 3. The van der Waals surface area contributed by atoms with Crippen LogP contribution in [0.3, 0.4) is 0 Å². The molecule has 0 aliphatic heterocycles. The first-order chi connectivity index (χ1) is 7.95. The molecule has 0 aliphatic carbocycles. The minimum atomic E-state index is -0.757. The molecule has 98 valence electrons. The Kier molecular flexibility index (Phi) is 5.82. The van der Waals surface area contributed by atoms with Crippen LogP contribution in [0, 0.1) is 0 Å². The number of halogens is 1. The summed E-state index contributed by atoms with van der Waals surface area (Å²) in [6, 6.07) is 0.243. The Hall–Kier alpha value is -0.200. The first-order valence-electron chi connectivity index (χ1n) is 5.69. The van der Waals surface area contributed by atoms with Crippen LogP contribution in [0.25, 0.3) is 0 Å². The van der Waals surface area contributed by atoms with Gasteiger partial charge in [-0.05, 0) is 29.3 Å². The van der Waals surface area contributed by atoms with Crippen LogP contribution in [-0.4, -0.2) is 32.0 Å². The van der Waals surface area contributed by atoms with Crippen LogP contribution in [0.4, 0.5) is 0 Å². The smallest absolute Gasteiger partial charge is 0.0767 e. The van der Waals surface area contributed by atoms with E-state index in [0.29, 0.717) is 5.75 Å². The third kappa shape index (κ3) is 4.19. The maximum Gasteiger partial charge on any atom is 0.0767 e. The molecule has 0 amide bonds. The highest BCUT2D eigenvalue weighted by Gasteiger charge is 2.13. The van der Waals surface area contributed by atoms with Gasteiger partial charge in [0, 0.05) is 42.4 Å². The van der Waals surface area contributed by atoms with Gasteiger partial charge in [0.25, 0.3) is 0 Å². The highest BCUT2D eigenvalue weighted by molar-refractivity contribution is 9.10.